The summed E-state index contributed by atoms with van der Waals surface area (Å²) in [5, 5.41) is 8.76. The molecule has 4 aliphatic rings. The standard InChI is InChI=1S/C28H45N5O5/c1-26(2,3)21(31-25(38)32-28(6)11-7-8-12-28)24(37)33-14-16-18(27(16,4)5)19(33)23(36)30-17(13-15-9-10-15)20(34)22(29)35/h15-19,21H,7-14H2,1-6H3,(H2,29,35)(H,30,36)(H2,31,32,38)/t16-,17?,18-,19-,21+/m0/s1. The Hall–Kier alpha value is -2.65. The van der Waals surface area contributed by atoms with Gasteiger partial charge in [0.2, 0.25) is 17.6 Å². The van der Waals surface area contributed by atoms with Crippen LogP contribution >= 0.6 is 0 Å². The van der Waals surface area contributed by atoms with Crippen molar-refractivity contribution in [3.63, 3.8) is 0 Å². The molecule has 212 valence electrons. The zero-order chi connectivity index (χ0) is 28.2. The highest BCUT2D eigenvalue weighted by atomic mass is 16.2. The van der Waals surface area contributed by atoms with Gasteiger partial charge in [0.1, 0.15) is 12.1 Å². The summed E-state index contributed by atoms with van der Waals surface area (Å²) in [5.74, 6) is -2.27. The number of hydrogen-bond acceptors (Lipinski definition) is 5. The first-order chi connectivity index (χ1) is 17.5. The number of ketones is 1. The van der Waals surface area contributed by atoms with Gasteiger partial charge < -0.3 is 26.6 Å². The number of hydrogen-bond donors (Lipinski definition) is 4. The third kappa shape index (κ3) is 5.69. The van der Waals surface area contributed by atoms with Crippen molar-refractivity contribution in [1.29, 1.82) is 0 Å². The average molecular weight is 532 g/mol. The molecule has 0 aromatic heterocycles. The third-order valence-electron chi connectivity index (χ3n) is 9.41. The van der Waals surface area contributed by atoms with Crippen molar-refractivity contribution < 1.29 is 24.0 Å². The average Bonchev–Trinajstić information content (AvgIpc) is 3.56. The van der Waals surface area contributed by atoms with Gasteiger partial charge in [-0.3, -0.25) is 19.2 Å². The molecule has 0 radical (unpaired) electrons. The second kappa shape index (κ2) is 9.83. The van der Waals surface area contributed by atoms with E-state index in [-0.39, 0.29) is 40.6 Å². The van der Waals surface area contributed by atoms with Gasteiger partial charge in [-0.05, 0) is 54.8 Å². The van der Waals surface area contributed by atoms with Crippen molar-refractivity contribution in [2.45, 2.75) is 110 Å². The summed E-state index contributed by atoms with van der Waals surface area (Å²) in [4.78, 5) is 66.4. The first-order valence-electron chi connectivity index (χ1n) is 14.1. The van der Waals surface area contributed by atoms with Gasteiger partial charge >= 0.3 is 6.03 Å². The molecule has 10 nitrogen and oxygen atoms in total. The number of amides is 5. The molecule has 5 amide bonds. The van der Waals surface area contributed by atoms with E-state index in [1.807, 2.05) is 27.7 Å². The van der Waals surface area contributed by atoms with Gasteiger partial charge in [-0.15, -0.1) is 0 Å². The molecule has 3 saturated carbocycles. The van der Waals surface area contributed by atoms with Crippen molar-refractivity contribution in [3.05, 3.63) is 0 Å². The van der Waals surface area contributed by atoms with Crippen LogP contribution in [0.15, 0.2) is 0 Å². The quantitative estimate of drug-likeness (QED) is 0.335. The smallest absolute Gasteiger partial charge is 0.315 e. The van der Waals surface area contributed by atoms with E-state index < -0.39 is 41.1 Å². The van der Waals surface area contributed by atoms with Crippen LogP contribution in [0.5, 0.6) is 0 Å². The lowest BCUT2D eigenvalue weighted by atomic mass is 9.85. The minimum absolute atomic E-state index is 0.0662. The molecule has 4 fully saturated rings. The lowest BCUT2D eigenvalue weighted by Gasteiger charge is -2.38. The number of nitrogens with two attached hydrogens (primary N) is 1. The first kappa shape index (κ1) is 28.4. The number of nitrogens with zero attached hydrogens (tertiary/aromatic N) is 1. The second-order valence-electron chi connectivity index (χ2n) is 14.0. The minimum atomic E-state index is -1.07. The largest absolute Gasteiger partial charge is 0.363 e. The number of Topliss-reactive ketones (excluding diaryl/α,β-unsaturated/α-hetero) is 1. The topological polar surface area (TPSA) is 151 Å². The Kier molecular flexibility index (Phi) is 7.33. The molecule has 0 bridgehead atoms. The van der Waals surface area contributed by atoms with Crippen molar-refractivity contribution in [2.24, 2.45) is 34.3 Å². The number of nitrogens with one attached hydrogen (secondary N) is 3. The van der Waals surface area contributed by atoms with Crippen molar-refractivity contribution in [3.8, 4) is 0 Å². The van der Waals surface area contributed by atoms with Gasteiger partial charge in [-0.1, -0.05) is 60.3 Å². The maximum Gasteiger partial charge on any atom is 0.315 e. The first-order valence-corrected chi connectivity index (χ1v) is 14.1. The van der Waals surface area contributed by atoms with Gasteiger partial charge in [0.05, 0.1) is 6.04 Å². The minimum Gasteiger partial charge on any atom is -0.363 e. The van der Waals surface area contributed by atoms with E-state index in [9.17, 15) is 24.0 Å². The molecule has 4 rings (SSSR count). The number of likely N-dealkylation sites (tertiary alicyclic amines) is 1. The van der Waals surface area contributed by atoms with Crippen LogP contribution in [0.25, 0.3) is 0 Å². The highest BCUT2D eigenvalue weighted by Crippen LogP contribution is 2.65. The zero-order valence-electron chi connectivity index (χ0n) is 23.7. The fourth-order valence-electron chi connectivity index (χ4n) is 6.70. The number of carbonyl (C=O) groups is 5. The lowest BCUT2D eigenvalue weighted by Crippen LogP contribution is -2.62. The van der Waals surface area contributed by atoms with Crippen LogP contribution in [-0.2, 0) is 19.2 Å². The highest BCUT2D eigenvalue weighted by molar-refractivity contribution is 6.37. The van der Waals surface area contributed by atoms with Crippen LogP contribution in [0.3, 0.4) is 0 Å². The van der Waals surface area contributed by atoms with E-state index in [1.54, 1.807) is 4.90 Å². The molecule has 1 heterocycles. The summed E-state index contributed by atoms with van der Waals surface area (Å²) in [6, 6.07) is -3.00. The summed E-state index contributed by atoms with van der Waals surface area (Å²) in [6.45, 7) is 12.3. The summed E-state index contributed by atoms with van der Waals surface area (Å²) in [6.07, 6.45) is 6.18. The number of urea groups is 1. The Morgan fingerprint density at radius 1 is 1.00 bits per heavy atom. The van der Waals surface area contributed by atoms with Crippen LogP contribution in [0, 0.1) is 28.6 Å². The van der Waals surface area contributed by atoms with Gasteiger partial charge in [0, 0.05) is 12.1 Å². The summed E-state index contributed by atoms with van der Waals surface area (Å²) in [5.41, 5.74) is 4.24. The van der Waals surface area contributed by atoms with Crippen molar-refractivity contribution in [2.75, 3.05) is 6.54 Å². The number of rotatable bonds is 9. The molecule has 1 saturated heterocycles. The lowest BCUT2D eigenvalue weighted by molar-refractivity contribution is -0.145. The van der Waals surface area contributed by atoms with Gasteiger partial charge in [0.25, 0.3) is 5.91 Å². The molecule has 10 heteroatoms. The maximum atomic E-state index is 14.0. The van der Waals surface area contributed by atoms with Gasteiger partial charge in [-0.25, -0.2) is 4.79 Å². The Labute approximate surface area is 225 Å². The number of fused-ring (bicyclic) bond motifs is 1. The normalized spacial score (nSPS) is 28.6. The highest BCUT2D eigenvalue weighted by Gasteiger charge is 2.70. The van der Waals surface area contributed by atoms with E-state index in [1.165, 1.54) is 0 Å². The van der Waals surface area contributed by atoms with Crippen LogP contribution in [0.2, 0.25) is 0 Å². The van der Waals surface area contributed by atoms with E-state index in [0.29, 0.717) is 13.0 Å². The van der Waals surface area contributed by atoms with E-state index in [0.717, 1.165) is 38.5 Å². The molecule has 38 heavy (non-hydrogen) atoms. The number of carbonyl (C=O) groups excluding carboxylic acids is 5. The number of piperidine rings is 1. The molecule has 3 aliphatic carbocycles. The van der Waals surface area contributed by atoms with E-state index in [2.05, 4.69) is 29.8 Å². The molecular formula is C28H45N5O5. The van der Waals surface area contributed by atoms with Crippen molar-refractivity contribution >= 4 is 29.5 Å². The summed E-state index contributed by atoms with van der Waals surface area (Å²) >= 11 is 0. The molecule has 5 atom stereocenters. The number of primary amides is 1. The molecule has 1 aliphatic heterocycles. The molecular weight excluding hydrogens is 486 g/mol. The predicted octanol–water partition coefficient (Wildman–Crippen LogP) is 1.86. The van der Waals surface area contributed by atoms with E-state index >= 15 is 0 Å². The van der Waals surface area contributed by atoms with Crippen LogP contribution in [-0.4, -0.2) is 64.6 Å². The summed E-state index contributed by atoms with van der Waals surface area (Å²) in [7, 11) is 0. The molecule has 0 aromatic rings. The Morgan fingerprint density at radius 2 is 1.61 bits per heavy atom. The zero-order valence-corrected chi connectivity index (χ0v) is 23.7. The molecule has 0 aromatic carbocycles. The second-order valence-corrected chi connectivity index (χ2v) is 14.0. The Balaban J connectivity index is 1.52. The van der Waals surface area contributed by atoms with Gasteiger partial charge in [0.15, 0.2) is 0 Å². The SMILES string of the molecule is CC1(NC(=O)N[C@H](C(=O)N2C[C@H]3[C@@H]([C@H]2C(=O)NC(CC2CC2)C(=O)C(N)=O)C3(C)C)C(C)(C)C)CCCC1. The Morgan fingerprint density at radius 3 is 2.13 bits per heavy atom. The molecule has 0 spiro atoms. The predicted molar refractivity (Wildman–Crippen MR) is 142 cm³/mol. The fraction of sp³-hybridized carbons (Fsp3) is 0.821. The molecule has 5 N–H and O–H groups in total. The fourth-order valence-corrected chi connectivity index (χ4v) is 6.70. The maximum absolute atomic E-state index is 14.0. The monoisotopic (exact) mass is 531 g/mol. The van der Waals surface area contributed by atoms with Crippen LogP contribution in [0.4, 0.5) is 4.79 Å². The van der Waals surface area contributed by atoms with Crippen LogP contribution < -0.4 is 21.7 Å². The van der Waals surface area contributed by atoms with Crippen LogP contribution in [0.1, 0.15) is 86.5 Å². The van der Waals surface area contributed by atoms with Crippen molar-refractivity contribution in [1.82, 2.24) is 20.9 Å². The Bertz CT molecular complexity index is 1010. The van der Waals surface area contributed by atoms with Gasteiger partial charge in [-0.2, -0.15) is 0 Å². The third-order valence-corrected chi connectivity index (χ3v) is 9.41. The van der Waals surface area contributed by atoms with E-state index in [4.69, 9.17) is 5.73 Å². The molecule has 1 unspecified atom stereocenters. The summed E-state index contributed by atoms with van der Waals surface area (Å²) < 4.78 is 0.